The second-order valence-electron chi connectivity index (χ2n) is 1.99. The third-order valence-electron chi connectivity index (χ3n) is 1.17. The minimum Gasteiger partial charge on any atom is -0.515 e. The molecule has 0 fully saturated rings. The van der Waals surface area contributed by atoms with Gasteiger partial charge < -0.3 is 9.84 Å². The average molecular weight is 158 g/mol. The van der Waals surface area contributed by atoms with Crippen LogP contribution in [-0.4, -0.2) is 24.0 Å². The van der Waals surface area contributed by atoms with Crippen LogP contribution in [0.3, 0.4) is 0 Å². The van der Waals surface area contributed by atoms with Gasteiger partial charge in [0.1, 0.15) is 6.42 Å². The van der Waals surface area contributed by atoms with Gasteiger partial charge in [0.25, 0.3) is 0 Å². The lowest BCUT2D eigenvalue weighted by Crippen LogP contribution is -2.09. The summed E-state index contributed by atoms with van der Waals surface area (Å²) in [5.41, 5.74) is 0.149. The number of carbonyl (C=O) groups excluding carboxylic acids is 2. The fourth-order valence-corrected chi connectivity index (χ4v) is 0.415. The van der Waals surface area contributed by atoms with Crippen molar-refractivity contribution in [2.45, 2.75) is 13.3 Å². The van der Waals surface area contributed by atoms with Crippen molar-refractivity contribution >= 4 is 11.8 Å². The van der Waals surface area contributed by atoms with E-state index in [9.17, 15) is 9.59 Å². The first-order valence-corrected chi connectivity index (χ1v) is 3.02. The van der Waals surface area contributed by atoms with E-state index in [1.54, 1.807) is 0 Å². The number of rotatable bonds is 3. The molecule has 4 nitrogen and oxygen atoms in total. The molecule has 0 aromatic rings. The molecule has 0 saturated heterocycles. The van der Waals surface area contributed by atoms with Crippen LogP contribution < -0.4 is 0 Å². The van der Waals surface area contributed by atoms with E-state index in [0.717, 1.165) is 0 Å². The number of aliphatic hydroxyl groups is 1. The Morgan fingerprint density at radius 3 is 2.45 bits per heavy atom. The molecule has 0 amide bonds. The molecule has 62 valence electrons. The quantitative estimate of drug-likeness (QED) is 0.282. The number of methoxy groups -OCH3 is 1. The van der Waals surface area contributed by atoms with E-state index in [0.29, 0.717) is 6.26 Å². The van der Waals surface area contributed by atoms with Gasteiger partial charge in [0.15, 0.2) is 5.78 Å². The molecule has 11 heavy (non-hydrogen) atoms. The summed E-state index contributed by atoms with van der Waals surface area (Å²) in [5.74, 6) is -1.03. The van der Waals surface area contributed by atoms with Crippen molar-refractivity contribution in [3.8, 4) is 0 Å². The Balaban J connectivity index is 3.98. The highest BCUT2D eigenvalue weighted by Gasteiger charge is 2.10. The van der Waals surface area contributed by atoms with Gasteiger partial charge in [0, 0.05) is 5.57 Å². The molecule has 4 heteroatoms. The lowest BCUT2D eigenvalue weighted by molar-refractivity contribution is -0.142. The number of aliphatic hydroxyl groups excluding tert-OH is 1. The van der Waals surface area contributed by atoms with E-state index in [1.165, 1.54) is 14.0 Å². The summed E-state index contributed by atoms with van der Waals surface area (Å²) in [4.78, 5) is 21.3. The predicted octanol–water partition coefficient (Wildman–Crippen LogP) is 0.580. The normalized spacial score (nSPS) is 10.9. The summed E-state index contributed by atoms with van der Waals surface area (Å²) in [6.45, 7) is 1.42. The van der Waals surface area contributed by atoms with Crippen molar-refractivity contribution in [1.82, 2.24) is 0 Å². The van der Waals surface area contributed by atoms with Crippen LogP contribution in [0.4, 0.5) is 0 Å². The van der Waals surface area contributed by atoms with E-state index in [2.05, 4.69) is 4.74 Å². The van der Waals surface area contributed by atoms with Gasteiger partial charge in [-0.2, -0.15) is 0 Å². The smallest absolute Gasteiger partial charge is 0.313 e. The van der Waals surface area contributed by atoms with Gasteiger partial charge in [0.05, 0.1) is 13.4 Å². The summed E-state index contributed by atoms with van der Waals surface area (Å²) in [6, 6.07) is 0. The van der Waals surface area contributed by atoms with Crippen LogP contribution in [-0.2, 0) is 14.3 Å². The minimum atomic E-state index is -0.601. The van der Waals surface area contributed by atoms with Crippen molar-refractivity contribution in [2.75, 3.05) is 7.11 Å². The Morgan fingerprint density at radius 2 is 2.09 bits per heavy atom. The lowest BCUT2D eigenvalue weighted by atomic mass is 10.1. The fourth-order valence-electron chi connectivity index (χ4n) is 0.415. The van der Waals surface area contributed by atoms with Gasteiger partial charge in [-0.3, -0.25) is 9.59 Å². The highest BCUT2D eigenvalue weighted by Crippen LogP contribution is 1.98. The van der Waals surface area contributed by atoms with E-state index in [4.69, 9.17) is 5.11 Å². The summed E-state index contributed by atoms with van der Waals surface area (Å²) in [7, 11) is 1.20. The number of ketones is 1. The van der Waals surface area contributed by atoms with Crippen LogP contribution >= 0.6 is 0 Å². The third kappa shape index (κ3) is 3.40. The zero-order valence-corrected chi connectivity index (χ0v) is 6.46. The van der Waals surface area contributed by atoms with Crippen LogP contribution in [0, 0.1) is 0 Å². The number of esters is 1. The molecule has 0 aromatic heterocycles. The Labute approximate surface area is 64.5 Å². The largest absolute Gasteiger partial charge is 0.515 e. The number of hydrogen-bond donors (Lipinski definition) is 1. The molecule has 0 aliphatic rings. The lowest BCUT2D eigenvalue weighted by Gasteiger charge is -1.96. The zero-order chi connectivity index (χ0) is 8.85. The van der Waals surface area contributed by atoms with Crippen molar-refractivity contribution in [1.29, 1.82) is 0 Å². The molecule has 0 saturated carbocycles. The average Bonchev–Trinajstić information content (AvgIpc) is 2.02. The first-order chi connectivity index (χ1) is 5.11. The number of allylic oxidation sites excluding steroid dienone is 1. The van der Waals surface area contributed by atoms with Gasteiger partial charge in [-0.15, -0.1) is 0 Å². The van der Waals surface area contributed by atoms with Crippen LogP contribution in [0.15, 0.2) is 11.8 Å². The van der Waals surface area contributed by atoms with Crippen LogP contribution in [0.2, 0.25) is 0 Å². The molecular formula is C7H10O4. The molecule has 0 bridgehead atoms. The molecule has 1 N–H and O–H groups in total. The highest BCUT2D eigenvalue weighted by atomic mass is 16.5. The number of Topliss-reactive ketones (excluding diaryl/α,β-unsaturated/α-hetero) is 1. The monoisotopic (exact) mass is 158 g/mol. The summed E-state index contributed by atoms with van der Waals surface area (Å²) in [5, 5.41) is 8.36. The van der Waals surface area contributed by atoms with E-state index in [1.807, 2.05) is 0 Å². The molecule has 0 unspecified atom stereocenters. The second kappa shape index (κ2) is 4.49. The number of hydrogen-bond acceptors (Lipinski definition) is 4. The molecule has 0 aliphatic heterocycles. The molecule has 0 heterocycles. The molecule has 0 radical (unpaired) electrons. The van der Waals surface area contributed by atoms with Crippen LogP contribution in [0.5, 0.6) is 0 Å². The van der Waals surface area contributed by atoms with E-state index in [-0.39, 0.29) is 12.0 Å². The van der Waals surface area contributed by atoms with E-state index >= 15 is 0 Å². The van der Waals surface area contributed by atoms with Gasteiger partial charge in [-0.1, -0.05) is 0 Å². The number of carbonyl (C=O) groups is 2. The molecular weight excluding hydrogens is 148 g/mol. The summed E-state index contributed by atoms with van der Waals surface area (Å²) in [6.07, 6.45) is 0.352. The van der Waals surface area contributed by atoms with Crippen molar-refractivity contribution in [3.05, 3.63) is 11.8 Å². The van der Waals surface area contributed by atoms with Gasteiger partial charge in [-0.25, -0.2) is 0 Å². The zero-order valence-electron chi connectivity index (χ0n) is 6.46. The fraction of sp³-hybridized carbons (Fsp3) is 0.429. The molecule has 0 atom stereocenters. The van der Waals surface area contributed by atoms with Gasteiger partial charge >= 0.3 is 5.97 Å². The summed E-state index contributed by atoms with van der Waals surface area (Å²) < 4.78 is 4.25. The molecule has 0 aromatic carbocycles. The topological polar surface area (TPSA) is 63.6 Å². The van der Waals surface area contributed by atoms with E-state index < -0.39 is 11.8 Å². The van der Waals surface area contributed by atoms with Gasteiger partial charge in [0.2, 0.25) is 0 Å². The molecule has 0 spiro atoms. The van der Waals surface area contributed by atoms with Crippen LogP contribution in [0.1, 0.15) is 13.3 Å². The Morgan fingerprint density at radius 1 is 1.55 bits per heavy atom. The first kappa shape index (κ1) is 9.68. The Hall–Kier alpha value is -1.32. The highest BCUT2D eigenvalue weighted by molar-refractivity contribution is 6.04. The first-order valence-electron chi connectivity index (χ1n) is 3.02. The maximum Gasteiger partial charge on any atom is 0.313 e. The van der Waals surface area contributed by atoms with Crippen molar-refractivity contribution in [2.24, 2.45) is 0 Å². The third-order valence-corrected chi connectivity index (χ3v) is 1.17. The minimum absolute atomic E-state index is 0.149. The van der Waals surface area contributed by atoms with Crippen molar-refractivity contribution in [3.63, 3.8) is 0 Å². The maximum atomic E-state index is 10.8. The summed E-state index contributed by atoms with van der Waals surface area (Å²) >= 11 is 0. The predicted molar refractivity (Wildman–Crippen MR) is 38.0 cm³/mol. The maximum absolute atomic E-state index is 10.8. The van der Waals surface area contributed by atoms with Crippen molar-refractivity contribution < 1.29 is 19.4 Å². The second-order valence-corrected chi connectivity index (χ2v) is 1.99. The SMILES string of the molecule is COC(=O)CC(=O)/C(C)=C/O. The molecule has 0 rings (SSSR count). The Bertz CT molecular complexity index is 193. The van der Waals surface area contributed by atoms with Crippen LogP contribution in [0.25, 0.3) is 0 Å². The Kier molecular flexibility index (Phi) is 3.95. The van der Waals surface area contributed by atoms with Gasteiger partial charge in [-0.05, 0) is 6.92 Å². The molecule has 0 aliphatic carbocycles. The standard InChI is InChI=1S/C7H10O4/c1-5(4-8)6(9)3-7(10)11-2/h4,8H,3H2,1-2H3/b5-4+. The number of ether oxygens (including phenoxy) is 1.